The summed E-state index contributed by atoms with van der Waals surface area (Å²) in [5.74, 6) is -0.553. The molecule has 0 unspecified atom stereocenters. The van der Waals surface area contributed by atoms with Crippen molar-refractivity contribution in [1.29, 1.82) is 0 Å². The maximum absolute atomic E-state index is 13.6. The Kier molecular flexibility index (Phi) is 5.03. The van der Waals surface area contributed by atoms with Crippen molar-refractivity contribution in [2.24, 2.45) is 0 Å². The number of piperazine rings is 1. The van der Waals surface area contributed by atoms with Gasteiger partial charge in [0.1, 0.15) is 29.6 Å². The minimum Gasteiger partial charge on any atom is -0.354 e. The van der Waals surface area contributed by atoms with E-state index < -0.39 is 17.7 Å². The molecule has 0 spiro atoms. The normalized spacial score (nSPS) is 15.1. The van der Waals surface area contributed by atoms with E-state index in [1.165, 1.54) is 6.33 Å². The first kappa shape index (κ1) is 17.0. The van der Waals surface area contributed by atoms with Crippen molar-refractivity contribution < 1.29 is 13.6 Å². The number of carbonyl (C=O) groups is 1. The molecule has 2 heterocycles. The highest BCUT2D eigenvalue weighted by molar-refractivity contribution is 5.99. The SMILES string of the molecule is CN1CCN(c2cc(NC(=O)Nc3ccc(F)cc3F)ncn2)CC1. The van der Waals surface area contributed by atoms with Gasteiger partial charge in [0.15, 0.2) is 0 Å². The molecule has 0 aliphatic carbocycles. The largest absolute Gasteiger partial charge is 0.354 e. The molecule has 0 radical (unpaired) electrons. The fraction of sp³-hybridized carbons (Fsp3) is 0.312. The Hall–Kier alpha value is -2.81. The molecule has 1 aliphatic heterocycles. The number of carbonyl (C=O) groups excluding carboxylic acids is 1. The molecule has 1 saturated heterocycles. The Labute approximate surface area is 143 Å². The van der Waals surface area contributed by atoms with Crippen LogP contribution in [0.2, 0.25) is 0 Å². The first-order valence-corrected chi connectivity index (χ1v) is 7.80. The molecular formula is C16H18F2N6O. The number of hydrogen-bond donors (Lipinski definition) is 2. The number of benzene rings is 1. The van der Waals surface area contributed by atoms with Crippen LogP contribution in [0.25, 0.3) is 0 Å². The van der Waals surface area contributed by atoms with Gasteiger partial charge in [0.25, 0.3) is 0 Å². The van der Waals surface area contributed by atoms with Crippen LogP contribution < -0.4 is 15.5 Å². The third-order valence-electron chi connectivity index (χ3n) is 3.90. The second-order valence-corrected chi connectivity index (χ2v) is 5.76. The van der Waals surface area contributed by atoms with Crippen LogP contribution in [0.5, 0.6) is 0 Å². The second kappa shape index (κ2) is 7.39. The van der Waals surface area contributed by atoms with Gasteiger partial charge in [-0.3, -0.25) is 5.32 Å². The number of rotatable bonds is 3. The first-order valence-electron chi connectivity index (χ1n) is 7.80. The summed E-state index contributed by atoms with van der Waals surface area (Å²) in [5.41, 5.74) is -0.118. The Morgan fingerprint density at radius 1 is 1.08 bits per heavy atom. The lowest BCUT2D eigenvalue weighted by Gasteiger charge is -2.33. The molecule has 2 N–H and O–H groups in total. The van der Waals surface area contributed by atoms with Crippen LogP contribution in [-0.4, -0.2) is 54.1 Å². The Balaban J connectivity index is 1.64. The monoisotopic (exact) mass is 348 g/mol. The van der Waals surface area contributed by atoms with Gasteiger partial charge >= 0.3 is 6.03 Å². The van der Waals surface area contributed by atoms with Gasteiger partial charge in [-0.2, -0.15) is 0 Å². The molecule has 2 amide bonds. The fourth-order valence-electron chi connectivity index (χ4n) is 2.48. The molecule has 1 aliphatic rings. The average molecular weight is 348 g/mol. The molecule has 25 heavy (non-hydrogen) atoms. The van der Waals surface area contributed by atoms with Crippen molar-refractivity contribution in [3.05, 3.63) is 42.2 Å². The predicted molar refractivity (Wildman–Crippen MR) is 90.7 cm³/mol. The summed E-state index contributed by atoms with van der Waals surface area (Å²) in [4.78, 5) is 24.5. The quantitative estimate of drug-likeness (QED) is 0.889. The molecule has 3 rings (SSSR count). The van der Waals surface area contributed by atoms with E-state index in [0.29, 0.717) is 17.7 Å². The highest BCUT2D eigenvalue weighted by Crippen LogP contribution is 2.17. The van der Waals surface area contributed by atoms with Gasteiger partial charge in [-0.25, -0.2) is 23.5 Å². The van der Waals surface area contributed by atoms with Crippen LogP contribution in [0.15, 0.2) is 30.6 Å². The highest BCUT2D eigenvalue weighted by Gasteiger charge is 2.16. The first-order chi connectivity index (χ1) is 12.0. The van der Waals surface area contributed by atoms with Crippen LogP contribution in [0.4, 0.5) is 30.9 Å². The van der Waals surface area contributed by atoms with Crippen molar-refractivity contribution in [3.8, 4) is 0 Å². The zero-order valence-electron chi connectivity index (χ0n) is 13.7. The fourth-order valence-corrected chi connectivity index (χ4v) is 2.48. The number of aromatic nitrogens is 2. The average Bonchev–Trinajstić information content (AvgIpc) is 2.58. The summed E-state index contributed by atoms with van der Waals surface area (Å²) in [6, 6.07) is 3.90. The van der Waals surface area contributed by atoms with Gasteiger partial charge in [-0.05, 0) is 19.2 Å². The third-order valence-corrected chi connectivity index (χ3v) is 3.90. The van der Waals surface area contributed by atoms with E-state index in [9.17, 15) is 13.6 Å². The van der Waals surface area contributed by atoms with Gasteiger partial charge < -0.3 is 15.1 Å². The summed E-state index contributed by atoms with van der Waals surface area (Å²) >= 11 is 0. The van der Waals surface area contributed by atoms with Gasteiger partial charge in [-0.15, -0.1) is 0 Å². The molecule has 1 aromatic carbocycles. The number of hydrogen-bond acceptors (Lipinski definition) is 5. The molecule has 0 atom stereocenters. The topological polar surface area (TPSA) is 73.4 Å². The third kappa shape index (κ3) is 4.38. The number of likely N-dealkylation sites (N-methyl/N-ethyl adjacent to an activating group) is 1. The van der Waals surface area contributed by atoms with E-state index in [-0.39, 0.29) is 5.69 Å². The Morgan fingerprint density at radius 3 is 2.56 bits per heavy atom. The van der Waals surface area contributed by atoms with E-state index in [1.807, 2.05) is 0 Å². The summed E-state index contributed by atoms with van der Waals surface area (Å²) in [7, 11) is 2.06. The van der Waals surface area contributed by atoms with Gasteiger partial charge in [-0.1, -0.05) is 0 Å². The minimum absolute atomic E-state index is 0.118. The van der Waals surface area contributed by atoms with Crippen LogP contribution >= 0.6 is 0 Å². The number of nitrogens with one attached hydrogen (secondary N) is 2. The summed E-state index contributed by atoms with van der Waals surface area (Å²) in [6.07, 6.45) is 1.36. The van der Waals surface area contributed by atoms with Crippen molar-refractivity contribution in [3.63, 3.8) is 0 Å². The van der Waals surface area contributed by atoms with Crippen LogP contribution in [-0.2, 0) is 0 Å². The maximum Gasteiger partial charge on any atom is 0.324 e. The summed E-state index contributed by atoms with van der Waals surface area (Å²) in [5, 5.41) is 4.84. The van der Waals surface area contributed by atoms with E-state index in [4.69, 9.17) is 0 Å². The summed E-state index contributed by atoms with van der Waals surface area (Å²) < 4.78 is 26.5. The number of anilines is 3. The summed E-state index contributed by atoms with van der Waals surface area (Å²) in [6.45, 7) is 3.52. The van der Waals surface area contributed by atoms with Crippen molar-refractivity contribution in [2.75, 3.05) is 48.8 Å². The molecular weight excluding hydrogens is 330 g/mol. The number of nitrogens with zero attached hydrogens (tertiary/aromatic N) is 4. The molecule has 0 saturated carbocycles. The molecule has 2 aromatic rings. The van der Waals surface area contributed by atoms with Crippen LogP contribution in [0.3, 0.4) is 0 Å². The van der Waals surface area contributed by atoms with Crippen molar-refractivity contribution in [2.45, 2.75) is 0 Å². The number of urea groups is 1. The van der Waals surface area contributed by atoms with Gasteiger partial charge in [0, 0.05) is 38.3 Å². The van der Waals surface area contributed by atoms with Gasteiger partial charge in [0.05, 0.1) is 5.69 Å². The van der Waals surface area contributed by atoms with Crippen LogP contribution in [0.1, 0.15) is 0 Å². The molecule has 9 heteroatoms. The van der Waals surface area contributed by atoms with E-state index in [2.05, 4.69) is 37.4 Å². The predicted octanol–water partition coefficient (Wildman–Crippen LogP) is 2.15. The van der Waals surface area contributed by atoms with E-state index in [0.717, 1.165) is 38.3 Å². The highest BCUT2D eigenvalue weighted by atomic mass is 19.1. The molecule has 132 valence electrons. The lowest BCUT2D eigenvalue weighted by molar-refractivity contribution is 0.262. The lowest BCUT2D eigenvalue weighted by Crippen LogP contribution is -2.44. The minimum atomic E-state index is -0.851. The second-order valence-electron chi connectivity index (χ2n) is 5.76. The lowest BCUT2D eigenvalue weighted by atomic mass is 10.3. The molecule has 1 aromatic heterocycles. The van der Waals surface area contributed by atoms with Crippen LogP contribution in [0, 0.1) is 11.6 Å². The molecule has 1 fully saturated rings. The Morgan fingerprint density at radius 2 is 1.84 bits per heavy atom. The number of amides is 2. The molecule has 7 nitrogen and oxygen atoms in total. The van der Waals surface area contributed by atoms with Crippen molar-refractivity contribution in [1.82, 2.24) is 14.9 Å². The van der Waals surface area contributed by atoms with E-state index in [1.54, 1.807) is 6.07 Å². The molecule has 0 bridgehead atoms. The Bertz CT molecular complexity index is 764. The van der Waals surface area contributed by atoms with Crippen molar-refractivity contribution >= 4 is 23.4 Å². The zero-order chi connectivity index (χ0) is 17.8. The zero-order valence-corrected chi connectivity index (χ0v) is 13.7. The maximum atomic E-state index is 13.6. The number of halogens is 2. The standard InChI is InChI=1S/C16H18F2N6O/c1-23-4-6-24(7-5-23)15-9-14(19-10-20-15)22-16(25)21-13-3-2-11(17)8-12(13)18/h2-3,8-10H,4-7H2,1H3,(H2,19,20,21,22,25). The smallest absolute Gasteiger partial charge is 0.324 e. The van der Waals surface area contributed by atoms with E-state index >= 15 is 0 Å². The van der Waals surface area contributed by atoms with Gasteiger partial charge in [0.2, 0.25) is 0 Å².